The Morgan fingerprint density at radius 3 is 1.16 bits per heavy atom. The van der Waals surface area contributed by atoms with E-state index in [0.29, 0.717) is 72.2 Å². The van der Waals surface area contributed by atoms with Crippen molar-refractivity contribution in [3.63, 3.8) is 0 Å². The molecule has 0 saturated heterocycles. The SMILES string of the molecule is CCCN(C)Cc1[nH]ncc1-c1cc(C(F)(F)F)cc(C(F)(F)F)c1.CCCN(C)Cc1cn[nH]c1-c1cc(OC(C)C)cc(C(F)(F)F)c1.CCCN(C)Cc1cn[nH]c1-c1ccc(F)c(C(F)(F)F)c1.CCCN(C)Cc1cn[nH]c1-c1ccc(OC(C)C)c(C(F)(F)F)c1. The number of aromatic amines is 4. The molecule has 0 spiro atoms. The molecule has 534 valence electrons. The number of nitrogens with zero attached hydrogens (tertiary/aromatic N) is 8. The van der Waals surface area contributed by atoms with Crippen LogP contribution >= 0.6 is 0 Å². The summed E-state index contributed by atoms with van der Waals surface area (Å²) in [6.07, 6.45) is -14.0. The largest absolute Gasteiger partial charge is 0.491 e. The van der Waals surface area contributed by atoms with Crippen molar-refractivity contribution in [3.8, 4) is 56.4 Å². The summed E-state index contributed by atoms with van der Waals surface area (Å²) in [5.41, 5.74) is 0.340. The topological polar surface area (TPSA) is 146 Å². The van der Waals surface area contributed by atoms with Gasteiger partial charge in [0.2, 0.25) is 0 Å². The van der Waals surface area contributed by atoms with E-state index < -0.39 is 64.5 Å². The molecule has 8 aromatic rings. The van der Waals surface area contributed by atoms with Crippen LogP contribution in [0.5, 0.6) is 11.5 Å². The van der Waals surface area contributed by atoms with Gasteiger partial charge in [0.15, 0.2) is 0 Å². The summed E-state index contributed by atoms with van der Waals surface area (Å²) in [6, 6.07) is 12.4. The van der Waals surface area contributed by atoms with Crippen molar-refractivity contribution < 1.29 is 79.7 Å². The molecule has 0 fully saturated rings. The van der Waals surface area contributed by atoms with Crippen LogP contribution in [0.3, 0.4) is 0 Å². The second-order valence-corrected chi connectivity index (χ2v) is 23.8. The molecule has 4 aromatic carbocycles. The first-order valence-corrected chi connectivity index (χ1v) is 31.0. The Hall–Kier alpha value is -7.96. The van der Waals surface area contributed by atoms with Crippen molar-refractivity contribution in [2.24, 2.45) is 0 Å². The van der Waals surface area contributed by atoms with Gasteiger partial charge in [-0.05, 0) is 186 Å². The molecule has 0 aliphatic carbocycles. The molecule has 97 heavy (non-hydrogen) atoms. The van der Waals surface area contributed by atoms with E-state index in [4.69, 9.17) is 9.47 Å². The molecule has 0 saturated carbocycles. The highest BCUT2D eigenvalue weighted by Crippen LogP contribution is 2.42. The van der Waals surface area contributed by atoms with Crippen LogP contribution in [0.15, 0.2) is 97.6 Å². The maximum atomic E-state index is 13.4. The Bertz CT molecular complexity index is 3660. The predicted octanol–water partition coefficient (Wildman–Crippen LogP) is 18.5. The number of benzene rings is 4. The molecular weight excluding hydrogens is 1310 g/mol. The summed E-state index contributed by atoms with van der Waals surface area (Å²) in [5.74, 6) is -1.24. The van der Waals surface area contributed by atoms with Crippen LogP contribution in [0.1, 0.15) is 131 Å². The zero-order valence-electron chi connectivity index (χ0n) is 55.8. The molecule has 0 bridgehead atoms. The quantitative estimate of drug-likeness (QED) is 0.0431. The van der Waals surface area contributed by atoms with Crippen molar-refractivity contribution in [2.75, 3.05) is 54.4 Å². The van der Waals surface area contributed by atoms with Crippen molar-refractivity contribution in [2.45, 2.75) is 150 Å². The van der Waals surface area contributed by atoms with Crippen molar-refractivity contribution in [1.82, 2.24) is 60.4 Å². The maximum Gasteiger partial charge on any atom is 0.419 e. The number of aromatic nitrogens is 8. The number of H-pyrrole nitrogens is 4. The molecular formula is C67H82F16N12O2. The summed E-state index contributed by atoms with van der Waals surface area (Å²) in [7, 11) is 7.67. The molecule has 0 aliphatic rings. The molecule has 8 rings (SSSR count). The van der Waals surface area contributed by atoms with Crippen molar-refractivity contribution >= 4 is 0 Å². The normalized spacial score (nSPS) is 12.4. The number of alkyl halides is 15. The number of nitrogens with one attached hydrogen (secondary N) is 4. The molecule has 0 atom stereocenters. The first kappa shape index (κ1) is 79.7. The number of ether oxygens (including phenoxy) is 2. The zero-order chi connectivity index (χ0) is 72.4. The Morgan fingerprint density at radius 2 is 0.763 bits per heavy atom. The maximum absolute atomic E-state index is 13.4. The number of rotatable bonds is 24. The summed E-state index contributed by atoms with van der Waals surface area (Å²) < 4.78 is 221. The highest BCUT2D eigenvalue weighted by atomic mass is 19.4. The van der Waals surface area contributed by atoms with Gasteiger partial charge in [-0.1, -0.05) is 27.7 Å². The van der Waals surface area contributed by atoms with E-state index in [0.717, 1.165) is 98.9 Å². The monoisotopic (exact) mass is 1390 g/mol. The van der Waals surface area contributed by atoms with Crippen LogP contribution in [0, 0.1) is 5.82 Å². The average molecular weight is 1390 g/mol. The minimum atomic E-state index is -4.88. The second-order valence-electron chi connectivity index (χ2n) is 23.8. The molecule has 4 heterocycles. The minimum Gasteiger partial charge on any atom is -0.491 e. The molecule has 4 aromatic heterocycles. The summed E-state index contributed by atoms with van der Waals surface area (Å²) in [6.45, 7) is 20.6. The summed E-state index contributed by atoms with van der Waals surface area (Å²) in [5, 5.41) is 26.7. The molecule has 30 heteroatoms. The number of halogens is 16. The molecule has 0 aliphatic heterocycles. The van der Waals surface area contributed by atoms with Gasteiger partial charge in [-0.3, -0.25) is 20.4 Å². The Kier molecular flexibility index (Phi) is 28.8. The molecule has 14 nitrogen and oxygen atoms in total. The van der Waals surface area contributed by atoms with Gasteiger partial charge in [0.1, 0.15) is 17.3 Å². The summed E-state index contributed by atoms with van der Waals surface area (Å²) >= 11 is 0. The van der Waals surface area contributed by atoms with E-state index >= 15 is 0 Å². The van der Waals surface area contributed by atoms with Crippen LogP contribution < -0.4 is 9.47 Å². The van der Waals surface area contributed by atoms with E-state index in [1.54, 1.807) is 65.5 Å². The summed E-state index contributed by atoms with van der Waals surface area (Å²) in [4.78, 5) is 8.15. The van der Waals surface area contributed by atoms with E-state index in [1.165, 1.54) is 18.3 Å². The fourth-order valence-corrected chi connectivity index (χ4v) is 10.2. The average Bonchev–Trinajstić information content (AvgIpc) is 1.80. The van der Waals surface area contributed by atoms with Gasteiger partial charge in [0, 0.05) is 65.1 Å². The van der Waals surface area contributed by atoms with Crippen LogP contribution in [0.4, 0.5) is 70.2 Å². The smallest absolute Gasteiger partial charge is 0.419 e. The van der Waals surface area contributed by atoms with Crippen molar-refractivity contribution in [3.05, 3.63) is 154 Å². The standard InChI is InChI=1S/2C18H24F3N3O.C16H17F6N3.C15H17F4N3/c1-5-8-24(4)11-14-10-22-23-17(14)13-6-7-16(25-12(2)3)15(9-13)18(19,20)21;1-5-6-24(4)11-14-10-22-23-17(14)13-7-15(18(19,20)21)9-16(8-13)25-12(2)3;1-3-4-25(2)9-14-13(8-23-24-14)10-5-11(15(17,18)19)7-12(6-10)16(20,21)22;1-3-6-22(2)9-11-8-20-21-14(11)10-4-5-13(16)12(7-10)15(17,18)19/h6-7,9-10,12H,5,8,11H2,1-4H3,(H,22,23);7-10,12H,5-6,11H2,1-4H3,(H,22,23);5-8H,3-4,9H2,1-2H3,(H,23,24);4-5,7-8H,3,6,9H2,1-2H3,(H,20,21). The van der Waals surface area contributed by atoms with Crippen molar-refractivity contribution in [1.29, 1.82) is 0 Å². The van der Waals surface area contributed by atoms with Gasteiger partial charge < -0.3 is 29.1 Å². The minimum absolute atomic E-state index is 0.118. The molecule has 4 N–H and O–H groups in total. The Balaban J connectivity index is 0.000000234. The van der Waals surface area contributed by atoms with Crippen LogP contribution in [0.25, 0.3) is 44.9 Å². The van der Waals surface area contributed by atoms with Gasteiger partial charge in [-0.15, -0.1) is 0 Å². The Labute approximate surface area is 553 Å². The lowest BCUT2D eigenvalue weighted by Gasteiger charge is -2.18. The van der Waals surface area contributed by atoms with Gasteiger partial charge in [-0.25, -0.2) is 4.39 Å². The lowest BCUT2D eigenvalue weighted by Crippen LogP contribution is -2.19. The first-order chi connectivity index (χ1) is 45.3. The second kappa shape index (κ2) is 35.0. The molecule has 0 radical (unpaired) electrons. The van der Waals surface area contributed by atoms with E-state index in [2.05, 4.69) is 64.4 Å². The van der Waals surface area contributed by atoms with E-state index in [-0.39, 0.29) is 46.5 Å². The van der Waals surface area contributed by atoms with Crippen LogP contribution in [0.2, 0.25) is 0 Å². The zero-order valence-corrected chi connectivity index (χ0v) is 55.8. The third kappa shape index (κ3) is 24.2. The first-order valence-electron chi connectivity index (χ1n) is 31.0. The fourth-order valence-electron chi connectivity index (χ4n) is 10.2. The third-order valence-electron chi connectivity index (χ3n) is 14.3. The lowest BCUT2D eigenvalue weighted by molar-refractivity contribution is -0.143. The van der Waals surface area contributed by atoms with Gasteiger partial charge in [0.25, 0.3) is 0 Å². The van der Waals surface area contributed by atoms with Crippen LogP contribution in [-0.4, -0.2) is 127 Å². The predicted molar refractivity (Wildman–Crippen MR) is 339 cm³/mol. The van der Waals surface area contributed by atoms with Gasteiger partial charge >= 0.3 is 30.9 Å². The van der Waals surface area contributed by atoms with E-state index in [9.17, 15) is 70.2 Å². The number of hydrogen-bond acceptors (Lipinski definition) is 10. The van der Waals surface area contributed by atoms with Gasteiger partial charge in [-0.2, -0.15) is 86.3 Å². The third-order valence-corrected chi connectivity index (χ3v) is 14.3. The molecule has 0 amide bonds. The van der Waals surface area contributed by atoms with E-state index in [1.807, 2.05) is 44.8 Å². The lowest BCUT2D eigenvalue weighted by atomic mass is 9.99. The molecule has 0 unspecified atom stereocenters. The highest BCUT2D eigenvalue weighted by molar-refractivity contribution is 5.69. The number of hydrogen-bond donors (Lipinski definition) is 4. The van der Waals surface area contributed by atoms with Crippen LogP contribution in [-0.2, 0) is 57.1 Å². The van der Waals surface area contributed by atoms with Gasteiger partial charge in [0.05, 0.1) is 87.6 Å². The Morgan fingerprint density at radius 1 is 0.392 bits per heavy atom. The fraction of sp³-hybridized carbons (Fsp3) is 0.463. The highest BCUT2D eigenvalue weighted by Gasteiger charge is 2.39.